The summed E-state index contributed by atoms with van der Waals surface area (Å²) in [6.45, 7) is 14.7. The minimum Gasteiger partial charge on any atom is -0.481 e. The van der Waals surface area contributed by atoms with Crippen LogP contribution in [-0.4, -0.2) is 65.7 Å². The molecule has 1 aromatic heterocycles. The Kier molecular flexibility index (Phi) is 11.3. The average Bonchev–Trinajstić information content (AvgIpc) is 3.46. The van der Waals surface area contributed by atoms with Gasteiger partial charge >= 0.3 is 11.8 Å². The number of nitrogens with zero attached hydrogens (tertiary/aromatic N) is 5. The maximum absolute atomic E-state index is 10.9. The standard InChI is InChI=1S/C41H55ClN5O2/c1-8-9-10-13-24-45-26-15-17-32-38(45)43-34(40(32,2)3)22-20-30-28-47(6,7)29-31(37(30)42)21-23-35-41(4,5)33-18-16-27-46(39(33)44-35)25-14-11-12-19-36(48)49/h15-18,20-23,26-27H,8-14,19,24-25,28-29H2,1-7H3/q+1/p+1. The topological polar surface area (TPSA) is 69.1 Å². The zero-order chi connectivity index (χ0) is 35.4. The molecule has 0 fully saturated rings. The van der Waals surface area contributed by atoms with Crippen molar-refractivity contribution in [3.63, 3.8) is 0 Å². The van der Waals surface area contributed by atoms with E-state index in [0.29, 0.717) is 6.42 Å². The molecule has 4 aliphatic rings. The van der Waals surface area contributed by atoms with Crippen LogP contribution in [0.25, 0.3) is 0 Å². The maximum Gasteiger partial charge on any atom is 0.327 e. The summed E-state index contributed by atoms with van der Waals surface area (Å²) in [5, 5.41) is 9.77. The fourth-order valence-corrected chi connectivity index (χ4v) is 7.57. The first-order chi connectivity index (χ1) is 23.2. The minimum atomic E-state index is -0.730. The zero-order valence-electron chi connectivity index (χ0n) is 30.7. The lowest BCUT2D eigenvalue weighted by atomic mass is 9.81. The van der Waals surface area contributed by atoms with Crippen molar-refractivity contribution in [3.8, 4) is 0 Å². The van der Waals surface area contributed by atoms with Crippen molar-refractivity contribution in [2.24, 2.45) is 15.4 Å². The van der Waals surface area contributed by atoms with Crippen LogP contribution >= 0.6 is 11.6 Å². The molecule has 5 rings (SSSR count). The van der Waals surface area contributed by atoms with Gasteiger partial charge in [-0.25, -0.2) is 9.56 Å². The molecule has 1 aromatic rings. The minimum absolute atomic E-state index is 0.187. The molecule has 0 bridgehead atoms. The average molecular weight is 686 g/mol. The van der Waals surface area contributed by atoms with Crippen LogP contribution in [0.2, 0.25) is 0 Å². The van der Waals surface area contributed by atoms with Gasteiger partial charge in [-0.3, -0.25) is 4.79 Å². The number of fused-ring (bicyclic) bond motifs is 2. The normalized spacial score (nSPS) is 22.1. The number of carbonyl (C=O) groups is 1. The third-order valence-corrected chi connectivity index (χ3v) is 10.8. The predicted octanol–water partition coefficient (Wildman–Crippen LogP) is 8.71. The second-order valence-electron chi connectivity index (χ2n) is 15.7. The van der Waals surface area contributed by atoms with Crippen molar-refractivity contribution in [1.29, 1.82) is 0 Å². The third-order valence-electron chi connectivity index (χ3n) is 10.4. The largest absolute Gasteiger partial charge is 0.481 e. The molecule has 0 atom stereocenters. The lowest BCUT2D eigenvalue weighted by Gasteiger charge is -2.35. The zero-order valence-corrected chi connectivity index (χ0v) is 31.5. The number of aryl methyl sites for hydroxylation is 1. The van der Waals surface area contributed by atoms with Crippen LogP contribution in [0.1, 0.15) is 91.5 Å². The number of hydrogen-bond acceptors (Lipinski definition) is 4. The number of aromatic nitrogens is 1. The van der Waals surface area contributed by atoms with Gasteiger partial charge in [0, 0.05) is 41.3 Å². The quantitative estimate of drug-likeness (QED) is 0.121. The van der Waals surface area contributed by atoms with Gasteiger partial charge in [0.25, 0.3) is 0 Å². The van der Waals surface area contributed by atoms with Crippen molar-refractivity contribution in [2.75, 3.05) is 33.7 Å². The van der Waals surface area contributed by atoms with Crippen LogP contribution in [0.5, 0.6) is 0 Å². The second kappa shape index (κ2) is 15.1. The molecule has 5 heterocycles. The monoisotopic (exact) mass is 685 g/mol. The number of aliphatic carboxylic acids is 1. The number of pyridine rings is 1. The van der Waals surface area contributed by atoms with Gasteiger partial charge in [0.1, 0.15) is 18.9 Å². The van der Waals surface area contributed by atoms with Gasteiger partial charge in [-0.05, 0) is 81.0 Å². The highest BCUT2D eigenvalue weighted by molar-refractivity contribution is 6.32. The van der Waals surface area contributed by atoms with Crippen LogP contribution in [0, 0.1) is 5.41 Å². The van der Waals surface area contributed by atoms with Crippen molar-refractivity contribution >= 4 is 34.9 Å². The number of allylic oxidation sites excluding steroid dienone is 6. The van der Waals surface area contributed by atoms with E-state index in [1.165, 1.54) is 36.8 Å². The summed E-state index contributed by atoms with van der Waals surface area (Å²) in [7, 11) is 4.51. The Bertz CT molecular complexity index is 1700. The molecule has 262 valence electrons. The SMILES string of the molecule is CCCCCCN1C=CC=C2C1=N/C(=C/C=C1\C[N+](C)(C)CC(/C=C/C3=Nc4c(ccc[n+]4CCCCCC(=O)O)C3(C)C)=C1Cl)C2(C)C. The molecule has 0 unspecified atom stereocenters. The number of amidine groups is 1. The number of halogens is 1. The number of hydrogen-bond donors (Lipinski definition) is 1. The maximum atomic E-state index is 10.9. The van der Waals surface area contributed by atoms with E-state index in [1.807, 2.05) is 0 Å². The number of aliphatic imine (C=N–C) groups is 2. The Morgan fingerprint density at radius 2 is 1.80 bits per heavy atom. The molecule has 0 spiro atoms. The van der Waals surface area contributed by atoms with Crippen LogP contribution in [0.4, 0.5) is 5.82 Å². The van der Waals surface area contributed by atoms with Crippen molar-refractivity contribution < 1.29 is 19.0 Å². The van der Waals surface area contributed by atoms with E-state index in [-0.39, 0.29) is 17.3 Å². The summed E-state index contributed by atoms with van der Waals surface area (Å²) in [5.74, 6) is 1.34. The summed E-state index contributed by atoms with van der Waals surface area (Å²) >= 11 is 7.21. The Morgan fingerprint density at radius 1 is 1.02 bits per heavy atom. The van der Waals surface area contributed by atoms with Gasteiger partial charge in [-0.1, -0.05) is 63.8 Å². The van der Waals surface area contributed by atoms with Crippen molar-refractivity contribution in [1.82, 2.24) is 4.90 Å². The Labute approximate surface area is 299 Å². The fourth-order valence-electron chi connectivity index (χ4n) is 7.32. The molecule has 49 heavy (non-hydrogen) atoms. The van der Waals surface area contributed by atoms with Crippen LogP contribution in [0.3, 0.4) is 0 Å². The molecule has 7 nitrogen and oxygen atoms in total. The molecule has 0 aliphatic carbocycles. The van der Waals surface area contributed by atoms with Crippen LogP contribution in [0.15, 0.2) is 98.4 Å². The highest BCUT2D eigenvalue weighted by Crippen LogP contribution is 2.44. The lowest BCUT2D eigenvalue weighted by Crippen LogP contribution is -2.45. The summed E-state index contributed by atoms with van der Waals surface area (Å²) in [5.41, 5.74) is 6.37. The first-order valence-electron chi connectivity index (χ1n) is 18.1. The first kappa shape index (κ1) is 36.7. The van der Waals surface area contributed by atoms with Gasteiger partial charge in [-0.15, -0.1) is 0 Å². The van der Waals surface area contributed by atoms with Crippen molar-refractivity contribution in [2.45, 2.75) is 97.9 Å². The molecule has 0 amide bonds. The predicted molar refractivity (Wildman–Crippen MR) is 202 cm³/mol. The van der Waals surface area contributed by atoms with E-state index < -0.39 is 5.97 Å². The Hall–Kier alpha value is -3.55. The molecular formula is C41H56ClN5O2+2. The number of carboxylic acid groups (broad SMARTS) is 1. The number of quaternary nitrogens is 1. The Balaban J connectivity index is 1.37. The molecule has 4 aliphatic heterocycles. The number of unbranched alkanes of at least 4 members (excludes halogenated alkanes) is 5. The van der Waals surface area contributed by atoms with E-state index in [4.69, 9.17) is 26.7 Å². The van der Waals surface area contributed by atoms with E-state index in [0.717, 1.165) is 82.7 Å². The van der Waals surface area contributed by atoms with E-state index >= 15 is 0 Å². The van der Waals surface area contributed by atoms with E-state index in [1.54, 1.807) is 0 Å². The third kappa shape index (κ3) is 8.26. The molecule has 0 saturated carbocycles. The van der Waals surface area contributed by atoms with Gasteiger partial charge in [0.15, 0.2) is 5.71 Å². The number of rotatable bonds is 14. The highest BCUT2D eigenvalue weighted by atomic mass is 35.5. The fraction of sp³-hybridized carbons (Fsp3) is 0.512. The molecule has 0 saturated heterocycles. The summed E-state index contributed by atoms with van der Waals surface area (Å²) in [6, 6.07) is 4.26. The van der Waals surface area contributed by atoms with Crippen molar-refractivity contribution in [3.05, 3.63) is 94.0 Å². The molecule has 0 aromatic carbocycles. The van der Waals surface area contributed by atoms with E-state index in [2.05, 4.69) is 119 Å². The highest BCUT2D eigenvalue weighted by Gasteiger charge is 2.42. The van der Waals surface area contributed by atoms with Gasteiger partial charge < -0.3 is 14.5 Å². The second-order valence-corrected chi connectivity index (χ2v) is 16.0. The van der Waals surface area contributed by atoms with Gasteiger partial charge in [0.2, 0.25) is 0 Å². The molecular weight excluding hydrogens is 630 g/mol. The van der Waals surface area contributed by atoms with Crippen LogP contribution in [-0.2, 0) is 16.8 Å². The summed E-state index contributed by atoms with van der Waals surface area (Å²) in [6.07, 6.45) is 25.0. The summed E-state index contributed by atoms with van der Waals surface area (Å²) in [4.78, 5) is 23.6. The first-order valence-corrected chi connectivity index (χ1v) is 18.5. The van der Waals surface area contributed by atoms with Gasteiger partial charge in [-0.2, -0.15) is 0 Å². The smallest absolute Gasteiger partial charge is 0.327 e. The number of carboxylic acids is 1. The Morgan fingerprint density at radius 3 is 2.55 bits per heavy atom. The van der Waals surface area contributed by atoms with Crippen LogP contribution < -0.4 is 4.57 Å². The molecule has 0 radical (unpaired) electrons. The lowest BCUT2D eigenvalue weighted by molar-refractivity contribution is -0.881. The number of likely N-dealkylation sites (N-methyl/N-ethyl adjacent to an activating group) is 1. The van der Waals surface area contributed by atoms with Gasteiger partial charge in [0.05, 0.1) is 48.5 Å². The molecule has 8 heteroatoms. The summed E-state index contributed by atoms with van der Waals surface area (Å²) < 4.78 is 3.02. The molecule has 1 N–H and O–H groups in total. The van der Waals surface area contributed by atoms with E-state index in [9.17, 15) is 4.79 Å².